The van der Waals surface area contributed by atoms with Gasteiger partial charge in [-0.25, -0.2) is 0 Å². The summed E-state index contributed by atoms with van der Waals surface area (Å²) in [6, 6.07) is 9.85. The van der Waals surface area contributed by atoms with Gasteiger partial charge in [-0.15, -0.1) is 0 Å². The summed E-state index contributed by atoms with van der Waals surface area (Å²) in [4.78, 5) is 0. The van der Waals surface area contributed by atoms with E-state index in [0.29, 0.717) is 18.0 Å². The normalized spacial score (nSPS) is 22.0. The second-order valence-corrected chi connectivity index (χ2v) is 5.42. The van der Waals surface area contributed by atoms with Gasteiger partial charge in [-0.3, -0.25) is 0 Å². The van der Waals surface area contributed by atoms with Crippen molar-refractivity contribution in [3.63, 3.8) is 0 Å². The molecule has 0 amide bonds. The van der Waals surface area contributed by atoms with E-state index in [0.717, 1.165) is 13.1 Å². The molecule has 0 saturated carbocycles. The van der Waals surface area contributed by atoms with E-state index in [1.807, 2.05) is 0 Å². The molecule has 0 aromatic heterocycles. The van der Waals surface area contributed by atoms with Gasteiger partial charge >= 0.3 is 0 Å². The highest BCUT2D eigenvalue weighted by molar-refractivity contribution is 5.31. The van der Waals surface area contributed by atoms with E-state index in [1.165, 1.54) is 17.5 Å². The fraction of sp³-hybridized carbons (Fsp3) is 0.600. The van der Waals surface area contributed by atoms with Crippen LogP contribution >= 0.6 is 0 Å². The summed E-state index contributed by atoms with van der Waals surface area (Å²) in [5.41, 5.74) is 2.92. The molecule has 2 atom stereocenters. The van der Waals surface area contributed by atoms with E-state index in [4.69, 9.17) is 0 Å². The van der Waals surface area contributed by atoms with Gasteiger partial charge in [0.1, 0.15) is 0 Å². The standard InChI is InChI=1S/C15H24N2/c1-11(2)12(3)17-15-8-9-16-10-13-6-4-5-7-14(13)15/h4-7,11-12,15-17H,8-10H2,1-3H3. The first-order chi connectivity index (χ1) is 8.18. The molecule has 0 radical (unpaired) electrons. The van der Waals surface area contributed by atoms with Crippen LogP contribution in [0.5, 0.6) is 0 Å². The van der Waals surface area contributed by atoms with Gasteiger partial charge in [0, 0.05) is 18.6 Å². The summed E-state index contributed by atoms with van der Waals surface area (Å²) < 4.78 is 0. The Hall–Kier alpha value is -0.860. The number of benzene rings is 1. The lowest BCUT2D eigenvalue weighted by molar-refractivity contribution is 0.365. The van der Waals surface area contributed by atoms with Crippen LogP contribution in [0.4, 0.5) is 0 Å². The molecule has 2 heteroatoms. The Morgan fingerprint density at radius 1 is 1.24 bits per heavy atom. The van der Waals surface area contributed by atoms with Crippen molar-refractivity contribution in [2.45, 2.75) is 45.8 Å². The van der Waals surface area contributed by atoms with Crippen LogP contribution in [-0.4, -0.2) is 12.6 Å². The fourth-order valence-corrected chi connectivity index (χ4v) is 2.34. The van der Waals surface area contributed by atoms with Crippen molar-refractivity contribution in [3.8, 4) is 0 Å². The molecule has 2 nitrogen and oxygen atoms in total. The third-order valence-electron chi connectivity index (χ3n) is 3.82. The number of rotatable bonds is 3. The molecule has 1 aliphatic heterocycles. The van der Waals surface area contributed by atoms with Crippen molar-refractivity contribution in [1.82, 2.24) is 10.6 Å². The lowest BCUT2D eigenvalue weighted by Gasteiger charge is -2.26. The lowest BCUT2D eigenvalue weighted by atomic mass is 9.97. The first kappa shape index (κ1) is 12.6. The van der Waals surface area contributed by atoms with Gasteiger partial charge in [0.25, 0.3) is 0 Å². The molecule has 2 unspecified atom stereocenters. The predicted molar refractivity (Wildman–Crippen MR) is 72.9 cm³/mol. The summed E-state index contributed by atoms with van der Waals surface area (Å²) in [5.74, 6) is 0.679. The molecule has 0 fully saturated rings. The lowest BCUT2D eigenvalue weighted by Crippen LogP contribution is -2.35. The molecular formula is C15H24N2. The monoisotopic (exact) mass is 232 g/mol. The Morgan fingerprint density at radius 2 is 2.00 bits per heavy atom. The Balaban J connectivity index is 2.17. The Labute approximate surface area is 105 Å². The zero-order valence-corrected chi connectivity index (χ0v) is 11.2. The Kier molecular flexibility index (Phi) is 4.19. The quantitative estimate of drug-likeness (QED) is 0.837. The Morgan fingerprint density at radius 3 is 2.76 bits per heavy atom. The molecule has 2 rings (SSSR count). The summed E-state index contributed by atoms with van der Waals surface area (Å²) in [5, 5.41) is 7.27. The van der Waals surface area contributed by atoms with Gasteiger partial charge in [0.2, 0.25) is 0 Å². The van der Waals surface area contributed by atoms with Crippen LogP contribution in [0.3, 0.4) is 0 Å². The summed E-state index contributed by atoms with van der Waals surface area (Å²) in [6.07, 6.45) is 1.17. The first-order valence-electron chi connectivity index (χ1n) is 6.73. The summed E-state index contributed by atoms with van der Waals surface area (Å²) in [7, 11) is 0. The van der Waals surface area contributed by atoms with Crippen LogP contribution in [0.1, 0.15) is 44.4 Å². The van der Waals surface area contributed by atoms with Crippen LogP contribution in [0.15, 0.2) is 24.3 Å². The Bertz CT molecular complexity index is 360. The molecule has 0 bridgehead atoms. The van der Waals surface area contributed by atoms with Gasteiger partial charge in [0.15, 0.2) is 0 Å². The van der Waals surface area contributed by atoms with E-state index in [1.54, 1.807) is 0 Å². The third-order valence-corrected chi connectivity index (χ3v) is 3.82. The first-order valence-corrected chi connectivity index (χ1v) is 6.73. The highest BCUT2D eigenvalue weighted by Gasteiger charge is 2.20. The number of nitrogens with one attached hydrogen (secondary N) is 2. The number of fused-ring (bicyclic) bond motifs is 1. The van der Waals surface area contributed by atoms with E-state index in [2.05, 4.69) is 55.7 Å². The molecule has 1 aromatic carbocycles. The minimum absolute atomic E-state index is 0.499. The number of hydrogen-bond donors (Lipinski definition) is 2. The smallest absolute Gasteiger partial charge is 0.0337 e. The molecular weight excluding hydrogens is 208 g/mol. The minimum atomic E-state index is 0.499. The minimum Gasteiger partial charge on any atom is -0.313 e. The zero-order valence-electron chi connectivity index (χ0n) is 11.2. The van der Waals surface area contributed by atoms with Crippen molar-refractivity contribution in [2.75, 3.05) is 6.54 Å². The van der Waals surface area contributed by atoms with E-state index >= 15 is 0 Å². The van der Waals surface area contributed by atoms with Crippen molar-refractivity contribution in [2.24, 2.45) is 5.92 Å². The topological polar surface area (TPSA) is 24.1 Å². The molecule has 1 aliphatic rings. The zero-order chi connectivity index (χ0) is 12.3. The summed E-state index contributed by atoms with van der Waals surface area (Å²) in [6.45, 7) is 8.93. The van der Waals surface area contributed by atoms with Gasteiger partial charge in [0.05, 0.1) is 0 Å². The van der Waals surface area contributed by atoms with E-state index < -0.39 is 0 Å². The van der Waals surface area contributed by atoms with Crippen molar-refractivity contribution in [3.05, 3.63) is 35.4 Å². The second-order valence-electron chi connectivity index (χ2n) is 5.42. The molecule has 0 spiro atoms. The molecule has 1 heterocycles. The maximum atomic E-state index is 3.77. The largest absolute Gasteiger partial charge is 0.313 e. The van der Waals surface area contributed by atoms with Crippen molar-refractivity contribution >= 4 is 0 Å². The molecule has 0 aliphatic carbocycles. The third kappa shape index (κ3) is 3.08. The van der Waals surface area contributed by atoms with Gasteiger partial charge < -0.3 is 10.6 Å². The molecule has 0 saturated heterocycles. The summed E-state index contributed by atoms with van der Waals surface area (Å²) >= 11 is 0. The van der Waals surface area contributed by atoms with Crippen LogP contribution in [-0.2, 0) is 6.54 Å². The van der Waals surface area contributed by atoms with Crippen molar-refractivity contribution < 1.29 is 0 Å². The SMILES string of the molecule is CC(C)C(C)NC1CCNCc2ccccc21. The van der Waals surface area contributed by atoms with Crippen LogP contribution in [0.25, 0.3) is 0 Å². The highest BCUT2D eigenvalue weighted by Crippen LogP contribution is 2.24. The maximum absolute atomic E-state index is 3.77. The van der Waals surface area contributed by atoms with Crippen molar-refractivity contribution in [1.29, 1.82) is 0 Å². The van der Waals surface area contributed by atoms with Gasteiger partial charge in [-0.05, 0) is 36.9 Å². The molecule has 17 heavy (non-hydrogen) atoms. The molecule has 2 N–H and O–H groups in total. The predicted octanol–water partition coefficient (Wildman–Crippen LogP) is 2.86. The fourth-order valence-electron chi connectivity index (χ4n) is 2.34. The average Bonchev–Trinajstić information content (AvgIpc) is 2.52. The van der Waals surface area contributed by atoms with Crippen LogP contribution in [0, 0.1) is 5.92 Å². The molecule has 94 valence electrons. The average molecular weight is 232 g/mol. The highest BCUT2D eigenvalue weighted by atomic mass is 15.0. The number of hydrogen-bond acceptors (Lipinski definition) is 2. The van der Waals surface area contributed by atoms with Gasteiger partial charge in [-0.2, -0.15) is 0 Å². The maximum Gasteiger partial charge on any atom is 0.0337 e. The van der Waals surface area contributed by atoms with E-state index in [-0.39, 0.29) is 0 Å². The second kappa shape index (κ2) is 5.65. The van der Waals surface area contributed by atoms with E-state index in [9.17, 15) is 0 Å². The van der Waals surface area contributed by atoms with Gasteiger partial charge in [-0.1, -0.05) is 38.1 Å². The molecule has 1 aromatic rings. The van der Waals surface area contributed by atoms with Crippen LogP contribution < -0.4 is 10.6 Å². The van der Waals surface area contributed by atoms with Crippen LogP contribution in [0.2, 0.25) is 0 Å².